The molecule has 0 unspecified atom stereocenters. The Kier molecular flexibility index (Phi) is 3.96. The van der Waals surface area contributed by atoms with E-state index in [1.807, 2.05) is 0 Å². The van der Waals surface area contributed by atoms with Crippen molar-refractivity contribution < 1.29 is 14.1 Å². The monoisotopic (exact) mass is 276 g/mol. The van der Waals surface area contributed by atoms with Crippen LogP contribution in [0.3, 0.4) is 0 Å². The predicted octanol–water partition coefficient (Wildman–Crippen LogP) is 1.40. The van der Waals surface area contributed by atoms with E-state index in [4.69, 9.17) is 10.3 Å². The number of nitro groups is 1. The second-order valence-electron chi connectivity index (χ2n) is 3.92. The second kappa shape index (κ2) is 5.85. The number of hydrogen-bond donors (Lipinski definition) is 3. The molecule has 0 radical (unpaired) electrons. The van der Waals surface area contributed by atoms with Crippen molar-refractivity contribution in [2.24, 2.45) is 5.84 Å². The van der Waals surface area contributed by atoms with E-state index in [0.29, 0.717) is 0 Å². The highest BCUT2D eigenvalue weighted by Gasteiger charge is 2.20. The summed E-state index contributed by atoms with van der Waals surface area (Å²) >= 11 is 0. The molecule has 0 aliphatic rings. The number of anilines is 1. The van der Waals surface area contributed by atoms with E-state index in [9.17, 15) is 14.9 Å². The van der Waals surface area contributed by atoms with Gasteiger partial charge in [-0.3, -0.25) is 20.8 Å². The zero-order chi connectivity index (χ0) is 14.5. The molecule has 0 saturated heterocycles. The summed E-state index contributed by atoms with van der Waals surface area (Å²) in [4.78, 5) is 22.3. The number of carbonyl (C=O) groups excluding carboxylic acids is 1. The maximum absolute atomic E-state index is 12.0. The number of nitrogens with two attached hydrogens (primary N) is 1. The largest absolute Gasteiger partial charge is 0.472 e. The summed E-state index contributed by atoms with van der Waals surface area (Å²) in [5.74, 6) is 4.80. The van der Waals surface area contributed by atoms with Crippen molar-refractivity contribution in [3.05, 3.63) is 58.0 Å². The van der Waals surface area contributed by atoms with Gasteiger partial charge in [-0.1, -0.05) is 6.07 Å². The van der Waals surface area contributed by atoms with Crippen molar-refractivity contribution >= 4 is 17.3 Å². The van der Waals surface area contributed by atoms with Gasteiger partial charge in [0.25, 0.3) is 11.6 Å². The standard InChI is InChI=1S/C12H12N4O4/c13-15-11-9(2-1-3-10(11)16(18)19)12(17)14-6-8-4-5-20-7-8/h1-5,7,15H,6,13H2,(H,14,17). The number of hydrazine groups is 1. The van der Waals surface area contributed by atoms with Crippen LogP contribution in [-0.4, -0.2) is 10.8 Å². The van der Waals surface area contributed by atoms with Crippen molar-refractivity contribution in [2.45, 2.75) is 6.54 Å². The van der Waals surface area contributed by atoms with Crippen molar-refractivity contribution in [3.8, 4) is 0 Å². The summed E-state index contributed by atoms with van der Waals surface area (Å²) in [5, 5.41) is 13.5. The number of para-hydroxylation sites is 1. The van der Waals surface area contributed by atoms with E-state index >= 15 is 0 Å². The first-order chi connectivity index (χ1) is 9.63. The normalized spacial score (nSPS) is 10.1. The number of benzene rings is 1. The molecule has 1 heterocycles. The van der Waals surface area contributed by atoms with Crippen LogP contribution in [0, 0.1) is 10.1 Å². The Balaban J connectivity index is 2.21. The molecule has 104 valence electrons. The van der Waals surface area contributed by atoms with E-state index in [0.717, 1.165) is 5.56 Å². The molecule has 0 saturated carbocycles. The zero-order valence-corrected chi connectivity index (χ0v) is 10.3. The van der Waals surface area contributed by atoms with Crippen LogP contribution in [0.25, 0.3) is 0 Å². The first-order valence-electron chi connectivity index (χ1n) is 5.66. The van der Waals surface area contributed by atoms with Crippen molar-refractivity contribution in [1.29, 1.82) is 0 Å². The first-order valence-corrected chi connectivity index (χ1v) is 5.66. The topological polar surface area (TPSA) is 123 Å². The number of amides is 1. The van der Waals surface area contributed by atoms with Crippen LogP contribution in [-0.2, 0) is 6.54 Å². The third-order valence-electron chi connectivity index (χ3n) is 2.66. The average Bonchev–Trinajstić information content (AvgIpc) is 2.97. The molecule has 8 heteroatoms. The SMILES string of the molecule is NNc1c(C(=O)NCc2ccoc2)cccc1[N+](=O)[O-]. The molecule has 20 heavy (non-hydrogen) atoms. The van der Waals surface area contributed by atoms with Crippen LogP contribution in [0.4, 0.5) is 11.4 Å². The Hall–Kier alpha value is -2.87. The van der Waals surface area contributed by atoms with Gasteiger partial charge in [-0.15, -0.1) is 0 Å². The number of rotatable bonds is 5. The number of furan rings is 1. The molecule has 0 bridgehead atoms. The van der Waals surface area contributed by atoms with E-state index in [1.54, 1.807) is 6.07 Å². The van der Waals surface area contributed by atoms with Gasteiger partial charge in [-0.05, 0) is 12.1 Å². The fourth-order valence-electron chi connectivity index (χ4n) is 1.70. The molecule has 0 atom stereocenters. The van der Waals surface area contributed by atoms with Gasteiger partial charge >= 0.3 is 0 Å². The predicted molar refractivity (Wildman–Crippen MR) is 70.8 cm³/mol. The molecule has 4 N–H and O–H groups in total. The van der Waals surface area contributed by atoms with Gasteiger partial charge in [-0.25, -0.2) is 0 Å². The molecule has 1 aromatic heterocycles. The molecule has 0 spiro atoms. The van der Waals surface area contributed by atoms with Crippen molar-refractivity contribution in [1.82, 2.24) is 5.32 Å². The third-order valence-corrected chi connectivity index (χ3v) is 2.66. The summed E-state index contributed by atoms with van der Waals surface area (Å²) in [6, 6.07) is 5.84. The van der Waals surface area contributed by atoms with Gasteiger partial charge in [0.2, 0.25) is 0 Å². The first kappa shape index (κ1) is 13.6. The average molecular weight is 276 g/mol. The number of nitrogen functional groups attached to an aromatic ring is 1. The lowest BCUT2D eigenvalue weighted by molar-refractivity contribution is -0.384. The van der Waals surface area contributed by atoms with Gasteiger partial charge < -0.3 is 15.2 Å². The summed E-state index contributed by atoms with van der Waals surface area (Å²) in [6.45, 7) is 0.252. The molecule has 0 aliphatic carbocycles. The minimum atomic E-state index is -0.609. The van der Waals surface area contributed by atoms with E-state index in [-0.39, 0.29) is 23.5 Å². The molecule has 2 aromatic rings. The maximum atomic E-state index is 12.0. The molecule has 2 rings (SSSR count). The van der Waals surface area contributed by atoms with E-state index in [1.165, 1.54) is 30.7 Å². The Labute approximate surface area is 113 Å². The van der Waals surface area contributed by atoms with Crippen LogP contribution in [0.2, 0.25) is 0 Å². The Bertz CT molecular complexity index is 624. The molecule has 8 nitrogen and oxygen atoms in total. The number of hydrogen-bond acceptors (Lipinski definition) is 6. The maximum Gasteiger partial charge on any atom is 0.294 e. The quantitative estimate of drug-likeness (QED) is 0.431. The number of nitro benzene ring substituents is 1. The van der Waals surface area contributed by atoms with Gasteiger partial charge in [0.05, 0.1) is 23.0 Å². The highest BCUT2D eigenvalue weighted by Crippen LogP contribution is 2.27. The Morgan fingerprint density at radius 3 is 2.80 bits per heavy atom. The van der Waals surface area contributed by atoms with Gasteiger partial charge in [0, 0.05) is 18.2 Å². The van der Waals surface area contributed by atoms with Crippen molar-refractivity contribution in [3.63, 3.8) is 0 Å². The van der Waals surface area contributed by atoms with Crippen LogP contribution in [0.5, 0.6) is 0 Å². The lowest BCUT2D eigenvalue weighted by Crippen LogP contribution is -2.25. The number of nitrogens with zero attached hydrogens (tertiary/aromatic N) is 1. The summed E-state index contributed by atoms with van der Waals surface area (Å²) in [6.07, 6.45) is 2.98. The minimum Gasteiger partial charge on any atom is -0.472 e. The highest BCUT2D eigenvalue weighted by atomic mass is 16.6. The molecular formula is C12H12N4O4. The second-order valence-corrected chi connectivity index (χ2v) is 3.92. The highest BCUT2D eigenvalue weighted by molar-refractivity contribution is 6.01. The molecule has 0 aliphatic heterocycles. The molecular weight excluding hydrogens is 264 g/mol. The Morgan fingerprint density at radius 1 is 1.40 bits per heavy atom. The van der Waals surface area contributed by atoms with E-state index < -0.39 is 10.8 Å². The number of carbonyl (C=O) groups is 1. The van der Waals surface area contributed by atoms with Crippen molar-refractivity contribution in [2.75, 3.05) is 5.43 Å². The lowest BCUT2D eigenvalue weighted by Gasteiger charge is -2.09. The smallest absolute Gasteiger partial charge is 0.294 e. The minimum absolute atomic E-state index is 0.0257. The lowest BCUT2D eigenvalue weighted by atomic mass is 10.1. The number of nitrogens with one attached hydrogen (secondary N) is 2. The molecule has 1 aromatic carbocycles. The van der Waals surface area contributed by atoms with Crippen LogP contribution in [0.1, 0.15) is 15.9 Å². The van der Waals surface area contributed by atoms with E-state index in [2.05, 4.69) is 10.7 Å². The summed E-state index contributed by atoms with van der Waals surface area (Å²) < 4.78 is 4.88. The summed E-state index contributed by atoms with van der Waals surface area (Å²) in [7, 11) is 0. The van der Waals surface area contributed by atoms with Gasteiger partial charge in [0.15, 0.2) is 0 Å². The third kappa shape index (κ3) is 2.75. The fourth-order valence-corrected chi connectivity index (χ4v) is 1.70. The Morgan fingerprint density at radius 2 is 2.20 bits per heavy atom. The molecule has 0 fully saturated rings. The zero-order valence-electron chi connectivity index (χ0n) is 10.3. The van der Waals surface area contributed by atoms with Gasteiger partial charge in [-0.2, -0.15) is 0 Å². The fraction of sp³-hybridized carbons (Fsp3) is 0.0833. The summed E-state index contributed by atoms with van der Waals surface area (Å²) in [5.41, 5.74) is 2.80. The molecule has 1 amide bonds. The van der Waals surface area contributed by atoms with Crippen LogP contribution >= 0.6 is 0 Å². The van der Waals surface area contributed by atoms with Crippen LogP contribution < -0.4 is 16.6 Å². The van der Waals surface area contributed by atoms with Crippen LogP contribution in [0.15, 0.2) is 41.2 Å². The van der Waals surface area contributed by atoms with Gasteiger partial charge in [0.1, 0.15) is 5.69 Å².